The molecule has 0 aromatic carbocycles. The first-order valence-electron chi connectivity index (χ1n) is 2.99. The fourth-order valence-electron chi connectivity index (χ4n) is 0.798. The molecule has 56 valence electrons. The first-order chi connectivity index (χ1) is 4.70. The van der Waals surface area contributed by atoms with Crippen LogP contribution in [0.3, 0.4) is 0 Å². The third-order valence-corrected chi connectivity index (χ3v) is 1.31. The molecule has 10 heavy (non-hydrogen) atoms. The molecule has 0 unspecified atom stereocenters. The summed E-state index contributed by atoms with van der Waals surface area (Å²) in [4.78, 5) is 21.1. The van der Waals surface area contributed by atoms with Gasteiger partial charge in [0.25, 0.3) is 0 Å². The maximum atomic E-state index is 10.6. The van der Waals surface area contributed by atoms with Crippen molar-refractivity contribution in [1.82, 2.24) is 10.6 Å². The van der Waals surface area contributed by atoms with E-state index in [-0.39, 0.29) is 12.5 Å². The fourth-order valence-corrected chi connectivity index (χ4v) is 0.798. The Bertz CT molecular complexity index is 166. The Morgan fingerprint density at radius 1 is 1.70 bits per heavy atom. The summed E-state index contributed by atoms with van der Waals surface area (Å²) in [6.07, 6.45) is 0. The van der Waals surface area contributed by atoms with E-state index < -0.39 is 11.9 Å². The van der Waals surface area contributed by atoms with Gasteiger partial charge in [-0.15, -0.1) is 0 Å². The average molecular weight is 143 g/mol. The van der Waals surface area contributed by atoms with Gasteiger partial charge in [-0.05, 0) is 0 Å². The molecule has 0 aromatic rings. The van der Waals surface area contributed by atoms with Gasteiger partial charge in [0, 0.05) is 6.54 Å². The molecule has 0 radical (unpaired) electrons. The predicted octanol–water partition coefficient (Wildman–Crippen LogP) is -2.44. The summed E-state index contributed by atoms with van der Waals surface area (Å²) in [6.45, 7) is 0.699. The van der Waals surface area contributed by atoms with E-state index in [0.29, 0.717) is 6.54 Å². The van der Waals surface area contributed by atoms with Crippen molar-refractivity contribution in [2.75, 3.05) is 13.1 Å². The molecule has 0 aromatic heterocycles. The molecule has 5 nitrogen and oxygen atoms in total. The second-order valence-electron chi connectivity index (χ2n) is 2.15. The maximum absolute atomic E-state index is 10.6. The quantitative estimate of drug-likeness (QED) is 0.381. The highest BCUT2D eigenvalue weighted by atomic mass is 16.2. The van der Waals surface area contributed by atoms with E-state index in [0.717, 1.165) is 0 Å². The molecular weight excluding hydrogens is 134 g/mol. The molecule has 1 aliphatic rings. The number of amides is 2. The minimum atomic E-state index is -0.541. The average Bonchev–Trinajstić information content (AvgIpc) is 1.88. The van der Waals surface area contributed by atoms with Crippen molar-refractivity contribution in [3.05, 3.63) is 0 Å². The number of carbonyl (C=O) groups is 2. The van der Waals surface area contributed by atoms with E-state index in [1.165, 1.54) is 0 Å². The van der Waals surface area contributed by atoms with Crippen LogP contribution in [0, 0.1) is 0 Å². The molecule has 1 aliphatic heterocycles. The third-order valence-electron chi connectivity index (χ3n) is 1.31. The summed E-state index contributed by atoms with van der Waals surface area (Å²) in [5, 5.41) is 5.19. The standard InChI is InChI=1S/C5H9N3O2/c6-5(10)3-1-7-2-4(9)8-3/h3,7H,1-2H2,(H2,6,10)(H,8,9)/t3-/m0/s1. The lowest BCUT2D eigenvalue weighted by atomic mass is 10.2. The molecule has 5 heteroatoms. The Hall–Kier alpha value is -1.10. The van der Waals surface area contributed by atoms with Crippen molar-refractivity contribution in [3.8, 4) is 0 Å². The number of carbonyl (C=O) groups excluding carboxylic acids is 2. The molecule has 1 heterocycles. The monoisotopic (exact) mass is 143 g/mol. The second-order valence-corrected chi connectivity index (χ2v) is 2.15. The number of nitrogens with one attached hydrogen (secondary N) is 2. The third kappa shape index (κ3) is 1.44. The van der Waals surface area contributed by atoms with E-state index in [9.17, 15) is 9.59 Å². The van der Waals surface area contributed by atoms with Crippen molar-refractivity contribution < 1.29 is 9.59 Å². The zero-order valence-corrected chi connectivity index (χ0v) is 5.39. The maximum Gasteiger partial charge on any atom is 0.241 e. The summed E-state index contributed by atoms with van der Waals surface area (Å²) >= 11 is 0. The van der Waals surface area contributed by atoms with Crippen LogP contribution in [0.2, 0.25) is 0 Å². The van der Waals surface area contributed by atoms with Crippen LogP contribution < -0.4 is 16.4 Å². The van der Waals surface area contributed by atoms with Crippen LogP contribution >= 0.6 is 0 Å². The Balaban J connectivity index is 2.47. The number of primary amides is 1. The van der Waals surface area contributed by atoms with Crippen molar-refractivity contribution in [2.45, 2.75) is 6.04 Å². The highest BCUT2D eigenvalue weighted by Crippen LogP contribution is 1.85. The van der Waals surface area contributed by atoms with Crippen LogP contribution in [0.1, 0.15) is 0 Å². The molecule has 1 fully saturated rings. The Morgan fingerprint density at radius 3 is 2.80 bits per heavy atom. The van der Waals surface area contributed by atoms with Crippen molar-refractivity contribution in [3.63, 3.8) is 0 Å². The number of hydrogen-bond donors (Lipinski definition) is 3. The summed E-state index contributed by atoms with van der Waals surface area (Å²) in [5.74, 6) is -0.685. The van der Waals surface area contributed by atoms with E-state index in [4.69, 9.17) is 5.73 Å². The summed E-state index contributed by atoms with van der Waals surface area (Å²) < 4.78 is 0. The number of piperazine rings is 1. The molecule has 1 rings (SSSR count). The lowest BCUT2D eigenvalue weighted by Gasteiger charge is -2.20. The van der Waals surface area contributed by atoms with Gasteiger partial charge in [-0.3, -0.25) is 9.59 Å². The topological polar surface area (TPSA) is 84.2 Å². The first-order valence-corrected chi connectivity index (χ1v) is 2.99. The van der Waals surface area contributed by atoms with Gasteiger partial charge in [0.15, 0.2) is 0 Å². The van der Waals surface area contributed by atoms with Crippen molar-refractivity contribution >= 4 is 11.8 Å². The van der Waals surface area contributed by atoms with Gasteiger partial charge in [0.05, 0.1) is 6.54 Å². The SMILES string of the molecule is NC(=O)[C@@H]1CNCC(=O)N1. The van der Waals surface area contributed by atoms with Crippen LogP contribution in [-0.2, 0) is 9.59 Å². The molecule has 0 spiro atoms. The fraction of sp³-hybridized carbons (Fsp3) is 0.600. The smallest absolute Gasteiger partial charge is 0.241 e. The van der Waals surface area contributed by atoms with Crippen LogP contribution in [0.5, 0.6) is 0 Å². The minimum absolute atomic E-state index is 0.185. The molecule has 1 atom stereocenters. The van der Waals surface area contributed by atoms with Gasteiger partial charge in [-0.1, -0.05) is 0 Å². The van der Waals surface area contributed by atoms with Crippen LogP contribution in [0.4, 0.5) is 0 Å². The van der Waals surface area contributed by atoms with Gasteiger partial charge < -0.3 is 16.4 Å². The summed E-state index contributed by atoms with van der Waals surface area (Å²) in [6, 6.07) is -0.541. The molecule has 0 bridgehead atoms. The largest absolute Gasteiger partial charge is 0.368 e. The predicted molar refractivity (Wildman–Crippen MR) is 34.0 cm³/mol. The van der Waals surface area contributed by atoms with Crippen LogP contribution in [0.15, 0.2) is 0 Å². The van der Waals surface area contributed by atoms with E-state index in [2.05, 4.69) is 10.6 Å². The summed E-state index contributed by atoms with van der Waals surface area (Å²) in [5.41, 5.74) is 4.94. The zero-order valence-electron chi connectivity index (χ0n) is 5.39. The second kappa shape index (κ2) is 2.66. The van der Waals surface area contributed by atoms with Crippen molar-refractivity contribution in [2.24, 2.45) is 5.73 Å². The van der Waals surface area contributed by atoms with Crippen LogP contribution in [0.25, 0.3) is 0 Å². The summed E-state index contributed by atoms with van der Waals surface area (Å²) in [7, 11) is 0. The molecule has 0 aliphatic carbocycles. The molecular formula is C5H9N3O2. The van der Waals surface area contributed by atoms with E-state index in [1.54, 1.807) is 0 Å². The van der Waals surface area contributed by atoms with Gasteiger partial charge in [0.2, 0.25) is 11.8 Å². The number of nitrogens with two attached hydrogens (primary N) is 1. The first kappa shape index (κ1) is 7.01. The zero-order chi connectivity index (χ0) is 7.56. The number of rotatable bonds is 1. The van der Waals surface area contributed by atoms with Gasteiger partial charge in [-0.25, -0.2) is 0 Å². The highest BCUT2D eigenvalue weighted by Gasteiger charge is 2.21. The van der Waals surface area contributed by atoms with E-state index in [1.807, 2.05) is 0 Å². The van der Waals surface area contributed by atoms with Crippen LogP contribution in [-0.4, -0.2) is 30.9 Å². The molecule has 1 saturated heterocycles. The molecule has 0 saturated carbocycles. The Labute approximate surface area is 58.0 Å². The van der Waals surface area contributed by atoms with Gasteiger partial charge >= 0.3 is 0 Å². The van der Waals surface area contributed by atoms with Gasteiger partial charge in [-0.2, -0.15) is 0 Å². The lowest BCUT2D eigenvalue weighted by Crippen LogP contribution is -2.57. The molecule has 2 amide bonds. The Kier molecular flexibility index (Phi) is 1.86. The van der Waals surface area contributed by atoms with Gasteiger partial charge in [0.1, 0.15) is 6.04 Å². The molecule has 4 N–H and O–H groups in total. The Morgan fingerprint density at radius 2 is 2.40 bits per heavy atom. The highest BCUT2D eigenvalue weighted by molar-refractivity contribution is 5.88. The van der Waals surface area contributed by atoms with E-state index >= 15 is 0 Å². The lowest BCUT2D eigenvalue weighted by molar-refractivity contribution is -0.128. The number of hydrogen-bond acceptors (Lipinski definition) is 3. The van der Waals surface area contributed by atoms with Crippen molar-refractivity contribution in [1.29, 1.82) is 0 Å². The normalized spacial score (nSPS) is 25.6. The minimum Gasteiger partial charge on any atom is -0.368 e.